The van der Waals surface area contributed by atoms with Gasteiger partial charge in [0.05, 0.1) is 11.1 Å². The summed E-state index contributed by atoms with van der Waals surface area (Å²) < 4.78 is 45.5. The van der Waals surface area contributed by atoms with E-state index in [-0.39, 0.29) is 4.90 Å². The minimum absolute atomic E-state index is 0.363. The Morgan fingerprint density at radius 1 is 1.55 bits per heavy atom. The molecule has 3 nitrogen and oxygen atoms in total. The first-order valence-electron chi connectivity index (χ1n) is 2.49. The third kappa shape index (κ3) is 1.79. The Morgan fingerprint density at radius 3 is 2.55 bits per heavy atom. The number of alkyl halides is 3. The average molecular weight is 184 g/mol. The van der Waals surface area contributed by atoms with Gasteiger partial charge in [-0.3, -0.25) is 5.10 Å². The highest BCUT2D eigenvalue weighted by molar-refractivity contribution is 7.86. The van der Waals surface area contributed by atoms with Gasteiger partial charge in [0.2, 0.25) is 0 Å². The molecule has 0 aliphatic carbocycles. The first-order chi connectivity index (χ1) is 5.02. The molecular formula is C4H3F3N2OS. The maximum Gasteiger partial charge on any atom is 0.475 e. The topological polar surface area (TPSA) is 45.8 Å². The van der Waals surface area contributed by atoms with Crippen LogP contribution in [0.1, 0.15) is 0 Å². The second kappa shape index (κ2) is 2.65. The number of aromatic nitrogens is 2. The van der Waals surface area contributed by atoms with Gasteiger partial charge in [-0.2, -0.15) is 18.3 Å². The molecule has 1 heterocycles. The normalized spacial score (nSPS) is 14.8. The molecule has 0 fully saturated rings. The second-order valence-electron chi connectivity index (χ2n) is 1.65. The van der Waals surface area contributed by atoms with E-state index in [0.29, 0.717) is 0 Å². The average Bonchev–Trinajstić information content (AvgIpc) is 2.34. The molecule has 0 radical (unpaired) electrons. The van der Waals surface area contributed by atoms with Gasteiger partial charge in [0.25, 0.3) is 0 Å². The van der Waals surface area contributed by atoms with Crippen LogP contribution in [-0.4, -0.2) is 19.9 Å². The highest BCUT2D eigenvalue weighted by Crippen LogP contribution is 2.24. The number of halogens is 3. The maximum atomic E-state index is 11.7. The van der Waals surface area contributed by atoms with Crippen LogP contribution in [0.25, 0.3) is 0 Å². The lowest BCUT2D eigenvalue weighted by Crippen LogP contribution is -2.15. The Hall–Kier alpha value is -0.850. The number of nitrogens with one attached hydrogen (secondary N) is 1. The Labute approximate surface area is 62.1 Å². The molecule has 62 valence electrons. The van der Waals surface area contributed by atoms with Crippen molar-refractivity contribution in [2.75, 3.05) is 0 Å². The fraction of sp³-hybridized carbons (Fsp3) is 0.250. The summed E-state index contributed by atoms with van der Waals surface area (Å²) in [6.07, 6.45) is 1.83. The maximum absolute atomic E-state index is 11.7. The SMILES string of the molecule is O=S(c1cn[nH]c1)C(F)(F)F. The van der Waals surface area contributed by atoms with E-state index in [1.54, 1.807) is 0 Å². The van der Waals surface area contributed by atoms with Crippen LogP contribution in [0.4, 0.5) is 13.2 Å². The van der Waals surface area contributed by atoms with E-state index < -0.39 is 16.3 Å². The van der Waals surface area contributed by atoms with Crippen molar-refractivity contribution < 1.29 is 17.4 Å². The minimum Gasteiger partial charge on any atom is -0.284 e. The zero-order valence-corrected chi connectivity index (χ0v) is 5.87. The van der Waals surface area contributed by atoms with E-state index in [2.05, 4.69) is 10.2 Å². The van der Waals surface area contributed by atoms with Gasteiger partial charge in [0.15, 0.2) is 10.8 Å². The van der Waals surface area contributed by atoms with E-state index in [9.17, 15) is 17.4 Å². The highest BCUT2D eigenvalue weighted by Gasteiger charge is 2.38. The molecule has 11 heavy (non-hydrogen) atoms. The predicted molar refractivity (Wildman–Crippen MR) is 31.1 cm³/mol. The van der Waals surface area contributed by atoms with Crippen LogP contribution in [0.15, 0.2) is 17.3 Å². The van der Waals surface area contributed by atoms with Crippen LogP contribution >= 0.6 is 0 Å². The van der Waals surface area contributed by atoms with E-state index in [4.69, 9.17) is 0 Å². The molecule has 0 saturated heterocycles. The van der Waals surface area contributed by atoms with Gasteiger partial charge in [-0.05, 0) is 0 Å². The molecule has 0 aliphatic heterocycles. The van der Waals surface area contributed by atoms with Crippen LogP contribution in [0.2, 0.25) is 0 Å². The predicted octanol–water partition coefficient (Wildman–Crippen LogP) is 1.04. The van der Waals surface area contributed by atoms with Crippen molar-refractivity contribution in [2.24, 2.45) is 0 Å². The zero-order valence-electron chi connectivity index (χ0n) is 5.05. The second-order valence-corrected chi connectivity index (χ2v) is 3.12. The third-order valence-corrected chi connectivity index (χ3v) is 1.97. The lowest BCUT2D eigenvalue weighted by molar-refractivity contribution is -0.0384. The van der Waals surface area contributed by atoms with Gasteiger partial charge >= 0.3 is 5.51 Å². The Kier molecular flexibility index (Phi) is 1.99. The van der Waals surface area contributed by atoms with Gasteiger partial charge in [-0.25, -0.2) is 4.21 Å². The summed E-state index contributed by atoms with van der Waals surface area (Å²) in [6.45, 7) is 0. The van der Waals surface area contributed by atoms with E-state index in [1.165, 1.54) is 0 Å². The van der Waals surface area contributed by atoms with E-state index >= 15 is 0 Å². The summed E-state index contributed by atoms with van der Waals surface area (Å²) in [4.78, 5) is -0.363. The zero-order chi connectivity index (χ0) is 8.48. The molecule has 0 spiro atoms. The molecular weight excluding hydrogens is 181 g/mol. The molecule has 0 bridgehead atoms. The van der Waals surface area contributed by atoms with Crippen molar-refractivity contribution in [3.8, 4) is 0 Å². The lowest BCUT2D eigenvalue weighted by atomic mass is 10.7. The number of aromatic amines is 1. The molecule has 0 aliphatic rings. The van der Waals surface area contributed by atoms with Crippen molar-refractivity contribution in [3.63, 3.8) is 0 Å². The summed E-state index contributed by atoms with van der Waals surface area (Å²) in [5, 5.41) is 5.38. The molecule has 1 aromatic heterocycles. The number of nitrogens with zero attached hydrogens (tertiary/aromatic N) is 1. The molecule has 0 amide bonds. The van der Waals surface area contributed by atoms with Crippen molar-refractivity contribution in [1.29, 1.82) is 0 Å². The number of hydrogen-bond donors (Lipinski definition) is 1. The smallest absolute Gasteiger partial charge is 0.284 e. The van der Waals surface area contributed by atoms with Crippen molar-refractivity contribution in [3.05, 3.63) is 12.4 Å². The first-order valence-corrected chi connectivity index (χ1v) is 3.64. The molecule has 1 atom stereocenters. The molecule has 7 heteroatoms. The monoisotopic (exact) mass is 184 g/mol. The van der Waals surface area contributed by atoms with Crippen molar-refractivity contribution in [2.45, 2.75) is 10.4 Å². The molecule has 0 aromatic carbocycles. The van der Waals surface area contributed by atoms with Crippen LogP contribution in [0.5, 0.6) is 0 Å². The summed E-state index contributed by atoms with van der Waals surface area (Å²) in [6, 6.07) is 0. The van der Waals surface area contributed by atoms with Gasteiger partial charge in [-0.15, -0.1) is 0 Å². The third-order valence-electron chi connectivity index (χ3n) is 0.897. The summed E-state index contributed by atoms with van der Waals surface area (Å²) in [7, 11) is -2.96. The van der Waals surface area contributed by atoms with Crippen LogP contribution < -0.4 is 0 Å². The van der Waals surface area contributed by atoms with Gasteiger partial charge in [0.1, 0.15) is 0 Å². The standard InChI is InChI=1S/C4H3F3N2OS/c5-4(6,7)11(10)3-1-8-9-2-3/h1-2H,(H,8,9). The number of H-pyrrole nitrogens is 1. The fourth-order valence-electron chi connectivity index (χ4n) is 0.474. The fourth-order valence-corrected chi connectivity index (χ4v) is 1.05. The summed E-state index contributed by atoms with van der Waals surface area (Å²) in [5.41, 5.74) is -4.70. The Bertz CT molecular complexity index is 255. The Balaban J connectivity index is 2.88. The quantitative estimate of drug-likeness (QED) is 0.708. The molecule has 1 N–H and O–H groups in total. The minimum atomic E-state index is -4.70. The Morgan fingerprint density at radius 2 is 2.18 bits per heavy atom. The van der Waals surface area contributed by atoms with Gasteiger partial charge in [0, 0.05) is 6.20 Å². The molecule has 1 rings (SSSR count). The lowest BCUT2D eigenvalue weighted by Gasteiger charge is -2.01. The van der Waals surface area contributed by atoms with Crippen LogP contribution in [0, 0.1) is 0 Å². The van der Waals surface area contributed by atoms with Crippen molar-refractivity contribution in [1.82, 2.24) is 10.2 Å². The van der Waals surface area contributed by atoms with Gasteiger partial charge < -0.3 is 0 Å². The van der Waals surface area contributed by atoms with Crippen molar-refractivity contribution >= 4 is 10.8 Å². The molecule has 0 saturated carbocycles. The number of hydrogen-bond acceptors (Lipinski definition) is 2. The number of rotatable bonds is 1. The van der Waals surface area contributed by atoms with E-state index in [0.717, 1.165) is 12.4 Å². The van der Waals surface area contributed by atoms with Crippen LogP contribution in [-0.2, 0) is 10.8 Å². The van der Waals surface area contributed by atoms with E-state index in [1.807, 2.05) is 0 Å². The first kappa shape index (κ1) is 8.25. The summed E-state index contributed by atoms with van der Waals surface area (Å²) >= 11 is 0. The van der Waals surface area contributed by atoms with Gasteiger partial charge in [-0.1, -0.05) is 0 Å². The molecule has 1 aromatic rings. The largest absolute Gasteiger partial charge is 0.475 e. The summed E-state index contributed by atoms with van der Waals surface area (Å²) in [5.74, 6) is 0. The van der Waals surface area contributed by atoms with Crippen LogP contribution in [0.3, 0.4) is 0 Å². The molecule has 1 unspecified atom stereocenters. The highest BCUT2D eigenvalue weighted by atomic mass is 32.2.